The fraction of sp³-hybridized carbons (Fsp3) is 0.143. The highest BCUT2D eigenvalue weighted by Gasteiger charge is 1.93. The molecule has 0 radical (unpaired) electrons. The van der Waals surface area contributed by atoms with E-state index in [0.29, 0.717) is 6.54 Å². The van der Waals surface area contributed by atoms with Gasteiger partial charge in [0.1, 0.15) is 0 Å². The van der Waals surface area contributed by atoms with Crippen LogP contribution in [0.5, 0.6) is 0 Å². The van der Waals surface area contributed by atoms with Gasteiger partial charge >= 0.3 is 6.03 Å². The van der Waals surface area contributed by atoms with E-state index in [1.54, 1.807) is 6.07 Å². The standard InChI is InChI=1S/C7H9N3O2/c8-7(12)10-4-5-1-2-6(11)9-3-5/h1-3H,4H2,(H,9,11)(H3,8,10,12). The van der Waals surface area contributed by atoms with Gasteiger partial charge in [0, 0.05) is 18.8 Å². The topological polar surface area (TPSA) is 88.0 Å². The fourth-order valence-electron chi connectivity index (χ4n) is 0.742. The van der Waals surface area contributed by atoms with E-state index in [0.717, 1.165) is 5.56 Å². The number of rotatable bonds is 2. The van der Waals surface area contributed by atoms with Crippen LogP contribution in [0.1, 0.15) is 5.56 Å². The van der Waals surface area contributed by atoms with E-state index in [1.165, 1.54) is 12.3 Å². The highest BCUT2D eigenvalue weighted by Crippen LogP contribution is 1.90. The summed E-state index contributed by atoms with van der Waals surface area (Å²) in [4.78, 5) is 23.3. The molecule has 4 N–H and O–H groups in total. The number of pyridine rings is 1. The molecule has 0 saturated carbocycles. The van der Waals surface area contributed by atoms with Crippen molar-refractivity contribution in [3.63, 3.8) is 0 Å². The van der Waals surface area contributed by atoms with Crippen molar-refractivity contribution in [1.29, 1.82) is 0 Å². The molecule has 0 aromatic carbocycles. The molecule has 1 rings (SSSR count). The molecule has 0 aliphatic carbocycles. The minimum absolute atomic E-state index is 0.169. The van der Waals surface area contributed by atoms with Gasteiger partial charge in [0.15, 0.2) is 0 Å². The summed E-state index contributed by atoms with van der Waals surface area (Å²) < 4.78 is 0. The highest BCUT2D eigenvalue weighted by atomic mass is 16.2. The lowest BCUT2D eigenvalue weighted by Crippen LogP contribution is -2.28. The summed E-state index contributed by atoms with van der Waals surface area (Å²) >= 11 is 0. The van der Waals surface area contributed by atoms with Gasteiger partial charge in [-0.1, -0.05) is 6.07 Å². The Morgan fingerprint density at radius 1 is 1.58 bits per heavy atom. The van der Waals surface area contributed by atoms with Gasteiger partial charge in [-0.3, -0.25) is 4.79 Å². The van der Waals surface area contributed by atoms with E-state index in [1.807, 2.05) is 0 Å². The summed E-state index contributed by atoms with van der Waals surface area (Å²) in [5.41, 5.74) is 5.48. The van der Waals surface area contributed by atoms with Gasteiger partial charge in [-0.25, -0.2) is 4.79 Å². The summed E-state index contributed by atoms with van der Waals surface area (Å²) in [5, 5.41) is 2.40. The number of primary amides is 1. The van der Waals surface area contributed by atoms with Gasteiger partial charge in [-0.05, 0) is 5.56 Å². The van der Waals surface area contributed by atoms with E-state index in [9.17, 15) is 9.59 Å². The van der Waals surface area contributed by atoms with Gasteiger partial charge in [0.25, 0.3) is 0 Å². The molecule has 64 valence electrons. The van der Waals surface area contributed by atoms with E-state index in [-0.39, 0.29) is 5.56 Å². The zero-order valence-corrected chi connectivity index (χ0v) is 6.33. The summed E-state index contributed by atoms with van der Waals surface area (Å²) in [5.74, 6) is 0. The van der Waals surface area contributed by atoms with Crippen LogP contribution >= 0.6 is 0 Å². The van der Waals surface area contributed by atoms with E-state index < -0.39 is 6.03 Å². The zero-order chi connectivity index (χ0) is 8.97. The van der Waals surface area contributed by atoms with Crippen molar-refractivity contribution in [3.8, 4) is 0 Å². The SMILES string of the molecule is NC(=O)NCc1ccc(=O)[nH]c1. The largest absolute Gasteiger partial charge is 0.352 e. The molecular weight excluding hydrogens is 158 g/mol. The van der Waals surface area contributed by atoms with Crippen molar-refractivity contribution >= 4 is 6.03 Å². The third kappa shape index (κ3) is 2.45. The smallest absolute Gasteiger partial charge is 0.312 e. The monoisotopic (exact) mass is 167 g/mol. The van der Waals surface area contributed by atoms with Crippen molar-refractivity contribution in [3.05, 3.63) is 34.2 Å². The molecule has 0 fully saturated rings. The number of urea groups is 1. The van der Waals surface area contributed by atoms with Crippen LogP contribution in [0.3, 0.4) is 0 Å². The second-order valence-electron chi connectivity index (χ2n) is 2.28. The third-order valence-electron chi connectivity index (χ3n) is 1.32. The van der Waals surface area contributed by atoms with Gasteiger partial charge in [0.05, 0.1) is 0 Å². The summed E-state index contributed by atoms with van der Waals surface area (Å²) in [6.45, 7) is 0.326. The first-order valence-corrected chi connectivity index (χ1v) is 3.39. The van der Waals surface area contributed by atoms with E-state index in [2.05, 4.69) is 10.3 Å². The molecule has 0 aliphatic heterocycles. The first-order chi connectivity index (χ1) is 5.68. The summed E-state index contributed by atoms with van der Waals surface area (Å²) in [6, 6.07) is 2.42. The van der Waals surface area contributed by atoms with Crippen molar-refractivity contribution in [2.45, 2.75) is 6.54 Å². The number of aromatic amines is 1. The van der Waals surface area contributed by atoms with Gasteiger partial charge < -0.3 is 16.0 Å². The Kier molecular flexibility index (Phi) is 2.47. The molecular formula is C7H9N3O2. The molecule has 0 bridgehead atoms. The minimum atomic E-state index is -0.582. The number of nitrogens with two attached hydrogens (primary N) is 1. The van der Waals surface area contributed by atoms with Crippen molar-refractivity contribution < 1.29 is 4.79 Å². The first-order valence-electron chi connectivity index (χ1n) is 3.39. The van der Waals surface area contributed by atoms with Crippen LogP contribution in [-0.4, -0.2) is 11.0 Å². The summed E-state index contributed by atoms with van der Waals surface area (Å²) in [7, 11) is 0. The van der Waals surface area contributed by atoms with Crippen LogP contribution in [-0.2, 0) is 6.54 Å². The van der Waals surface area contributed by atoms with Crippen LogP contribution in [0.25, 0.3) is 0 Å². The van der Waals surface area contributed by atoms with Crippen LogP contribution in [0.4, 0.5) is 4.79 Å². The molecule has 5 heteroatoms. The van der Waals surface area contributed by atoms with E-state index >= 15 is 0 Å². The first kappa shape index (κ1) is 8.32. The Hall–Kier alpha value is -1.78. The van der Waals surface area contributed by atoms with Gasteiger partial charge in [-0.2, -0.15) is 0 Å². The normalized spacial score (nSPS) is 9.33. The van der Waals surface area contributed by atoms with Crippen molar-refractivity contribution in [2.24, 2.45) is 5.73 Å². The lowest BCUT2D eigenvalue weighted by molar-refractivity contribution is 0.248. The van der Waals surface area contributed by atoms with Crippen molar-refractivity contribution in [1.82, 2.24) is 10.3 Å². The maximum atomic E-state index is 10.6. The van der Waals surface area contributed by atoms with Crippen LogP contribution < -0.4 is 16.6 Å². The van der Waals surface area contributed by atoms with Crippen molar-refractivity contribution in [2.75, 3.05) is 0 Å². The van der Waals surface area contributed by atoms with Crippen LogP contribution in [0.15, 0.2) is 23.1 Å². The molecule has 1 heterocycles. The molecule has 0 spiro atoms. The second-order valence-corrected chi connectivity index (χ2v) is 2.28. The number of carbonyl (C=O) groups excluding carboxylic acids is 1. The number of H-pyrrole nitrogens is 1. The van der Waals surface area contributed by atoms with Crippen LogP contribution in [0.2, 0.25) is 0 Å². The molecule has 0 unspecified atom stereocenters. The minimum Gasteiger partial charge on any atom is -0.352 e. The number of hydrogen-bond acceptors (Lipinski definition) is 2. The molecule has 1 aromatic heterocycles. The quantitative estimate of drug-likeness (QED) is 0.556. The van der Waals surface area contributed by atoms with Crippen LogP contribution in [0, 0.1) is 0 Å². The number of carbonyl (C=O) groups is 1. The number of nitrogens with one attached hydrogen (secondary N) is 2. The molecule has 0 saturated heterocycles. The Morgan fingerprint density at radius 3 is 2.83 bits per heavy atom. The zero-order valence-electron chi connectivity index (χ0n) is 6.33. The number of hydrogen-bond donors (Lipinski definition) is 3. The van der Waals surface area contributed by atoms with Gasteiger partial charge in [0.2, 0.25) is 5.56 Å². The Morgan fingerprint density at radius 2 is 2.33 bits per heavy atom. The fourth-order valence-corrected chi connectivity index (χ4v) is 0.742. The number of amides is 2. The second kappa shape index (κ2) is 3.56. The molecule has 2 amide bonds. The molecule has 12 heavy (non-hydrogen) atoms. The predicted molar refractivity (Wildman–Crippen MR) is 43.5 cm³/mol. The molecule has 5 nitrogen and oxygen atoms in total. The average Bonchev–Trinajstić information content (AvgIpc) is 2.03. The Bertz CT molecular complexity index is 311. The Balaban J connectivity index is 2.59. The van der Waals surface area contributed by atoms with E-state index in [4.69, 9.17) is 5.73 Å². The predicted octanol–water partition coefficient (Wildman–Crippen LogP) is -0.457. The number of aromatic nitrogens is 1. The highest BCUT2D eigenvalue weighted by molar-refractivity contribution is 5.71. The maximum Gasteiger partial charge on any atom is 0.312 e. The van der Waals surface area contributed by atoms with Gasteiger partial charge in [-0.15, -0.1) is 0 Å². The third-order valence-corrected chi connectivity index (χ3v) is 1.32. The Labute approximate surface area is 68.6 Å². The lowest BCUT2D eigenvalue weighted by atomic mass is 10.3. The molecule has 0 aliphatic rings. The summed E-state index contributed by atoms with van der Waals surface area (Å²) in [6.07, 6.45) is 1.53. The average molecular weight is 167 g/mol. The lowest BCUT2D eigenvalue weighted by Gasteiger charge is -1.99. The molecule has 0 atom stereocenters. The molecule has 1 aromatic rings. The maximum absolute atomic E-state index is 10.6.